The lowest BCUT2D eigenvalue weighted by atomic mass is 10.3. The number of thioether (sulfide) groups is 1. The molecule has 2 aromatic rings. The van der Waals surface area contributed by atoms with E-state index in [2.05, 4.69) is 18.4 Å². The second-order valence-corrected chi connectivity index (χ2v) is 6.17. The van der Waals surface area contributed by atoms with Crippen LogP contribution in [0.15, 0.2) is 24.3 Å². The highest BCUT2D eigenvalue weighted by molar-refractivity contribution is 7.97. The van der Waals surface area contributed by atoms with Crippen molar-refractivity contribution in [2.75, 3.05) is 6.26 Å². The van der Waals surface area contributed by atoms with Gasteiger partial charge in [-0.05, 0) is 30.5 Å². The molecule has 0 radical (unpaired) electrons. The molecule has 0 aliphatic carbocycles. The van der Waals surface area contributed by atoms with Crippen LogP contribution >= 0.6 is 34.4 Å². The van der Waals surface area contributed by atoms with Gasteiger partial charge in [0, 0.05) is 20.4 Å². The summed E-state index contributed by atoms with van der Waals surface area (Å²) in [5, 5.41) is 0. The molecule has 4 heteroatoms. The number of carbonyl (C=O) groups excluding carboxylic acids is 1. The maximum atomic E-state index is 10.6. The van der Waals surface area contributed by atoms with E-state index in [4.69, 9.17) is 0 Å². The van der Waals surface area contributed by atoms with Gasteiger partial charge in [0.1, 0.15) is 0 Å². The van der Waals surface area contributed by atoms with E-state index in [9.17, 15) is 4.79 Å². The van der Waals surface area contributed by atoms with E-state index in [0.717, 1.165) is 16.9 Å². The Balaban J connectivity index is 2.24. The molecular weight excluding hydrogens is 244 g/mol. The van der Waals surface area contributed by atoms with Crippen molar-refractivity contribution < 1.29 is 4.79 Å². The van der Waals surface area contributed by atoms with Crippen molar-refractivity contribution in [2.45, 2.75) is 5.75 Å². The summed E-state index contributed by atoms with van der Waals surface area (Å²) in [5.74, 6) is 1.07. The van der Waals surface area contributed by atoms with Crippen molar-refractivity contribution in [1.29, 1.82) is 0 Å². The van der Waals surface area contributed by atoms with Gasteiger partial charge in [0.25, 0.3) is 0 Å². The van der Waals surface area contributed by atoms with Crippen molar-refractivity contribution in [2.24, 2.45) is 0 Å². The predicted octanol–water partition coefficient (Wildman–Crippen LogP) is 4.15. The third-order valence-electron chi connectivity index (χ3n) is 1.93. The van der Waals surface area contributed by atoms with Gasteiger partial charge in [-0.3, -0.25) is 4.79 Å². The lowest BCUT2D eigenvalue weighted by Gasteiger charge is -1.90. The summed E-state index contributed by atoms with van der Waals surface area (Å²) in [7, 11) is 0. The van der Waals surface area contributed by atoms with E-state index in [-0.39, 0.29) is 0 Å². The van der Waals surface area contributed by atoms with Gasteiger partial charge in [-0.15, -0.1) is 22.7 Å². The summed E-state index contributed by atoms with van der Waals surface area (Å²) in [6.45, 7) is 0. The summed E-state index contributed by atoms with van der Waals surface area (Å²) in [6, 6.07) is 8.19. The highest BCUT2D eigenvalue weighted by Crippen LogP contribution is 2.34. The third kappa shape index (κ3) is 2.51. The topological polar surface area (TPSA) is 17.1 Å². The molecule has 0 N–H and O–H groups in total. The van der Waals surface area contributed by atoms with Crippen LogP contribution in [-0.4, -0.2) is 12.5 Å². The van der Waals surface area contributed by atoms with Crippen LogP contribution < -0.4 is 0 Å². The van der Waals surface area contributed by atoms with Crippen molar-refractivity contribution in [3.05, 3.63) is 34.0 Å². The molecule has 0 aromatic carbocycles. The predicted molar refractivity (Wildman–Crippen MR) is 70.2 cm³/mol. The molecule has 0 aliphatic rings. The largest absolute Gasteiger partial charge is 0.297 e. The summed E-state index contributed by atoms with van der Waals surface area (Å²) in [4.78, 5) is 15.2. The molecule has 0 spiro atoms. The molecule has 78 valence electrons. The minimum atomic E-state index is 0.796. The summed E-state index contributed by atoms with van der Waals surface area (Å²) < 4.78 is 0. The van der Waals surface area contributed by atoms with Crippen molar-refractivity contribution in [3.8, 4) is 9.75 Å². The van der Waals surface area contributed by atoms with E-state index < -0.39 is 0 Å². The Labute approximate surface area is 101 Å². The van der Waals surface area contributed by atoms with Gasteiger partial charge in [0.05, 0.1) is 4.88 Å². The molecule has 15 heavy (non-hydrogen) atoms. The quantitative estimate of drug-likeness (QED) is 0.762. The highest BCUT2D eigenvalue weighted by Gasteiger charge is 2.05. The minimum absolute atomic E-state index is 0.796. The summed E-state index contributed by atoms with van der Waals surface area (Å²) >= 11 is 5.19. The van der Waals surface area contributed by atoms with E-state index in [1.165, 1.54) is 14.6 Å². The molecule has 0 saturated carbocycles. The first-order valence-corrected chi connectivity index (χ1v) is 7.49. The third-order valence-corrected chi connectivity index (χ3v) is 5.01. The molecule has 0 unspecified atom stereocenters. The number of rotatable bonds is 4. The van der Waals surface area contributed by atoms with Crippen LogP contribution in [0, 0.1) is 0 Å². The van der Waals surface area contributed by atoms with E-state index in [0.29, 0.717) is 0 Å². The van der Waals surface area contributed by atoms with Gasteiger partial charge in [-0.2, -0.15) is 11.8 Å². The molecule has 0 bridgehead atoms. The fourth-order valence-corrected chi connectivity index (χ4v) is 3.96. The van der Waals surface area contributed by atoms with Crippen LogP contribution in [0.3, 0.4) is 0 Å². The molecule has 0 aliphatic heterocycles. The fraction of sp³-hybridized carbons (Fsp3) is 0.182. The Morgan fingerprint density at radius 2 is 1.93 bits per heavy atom. The number of thiophene rings is 2. The molecule has 2 heterocycles. The van der Waals surface area contributed by atoms with Crippen molar-refractivity contribution in [3.63, 3.8) is 0 Å². The average Bonchev–Trinajstić information content (AvgIpc) is 2.85. The summed E-state index contributed by atoms with van der Waals surface area (Å²) in [5.41, 5.74) is 0. The molecule has 0 amide bonds. The molecule has 1 nitrogen and oxygen atoms in total. The Morgan fingerprint density at radius 1 is 1.20 bits per heavy atom. The van der Waals surface area contributed by atoms with Crippen LogP contribution in [0.1, 0.15) is 14.5 Å². The number of hydrogen-bond donors (Lipinski definition) is 0. The molecule has 0 fully saturated rings. The Morgan fingerprint density at radius 3 is 2.60 bits per heavy atom. The van der Waals surface area contributed by atoms with Gasteiger partial charge >= 0.3 is 0 Å². The van der Waals surface area contributed by atoms with Gasteiger partial charge in [0.2, 0.25) is 0 Å². The van der Waals surface area contributed by atoms with Crippen LogP contribution in [0.25, 0.3) is 9.75 Å². The van der Waals surface area contributed by atoms with Crippen LogP contribution in [-0.2, 0) is 5.75 Å². The zero-order chi connectivity index (χ0) is 10.7. The van der Waals surface area contributed by atoms with E-state index in [1.54, 1.807) is 11.3 Å². The van der Waals surface area contributed by atoms with Gasteiger partial charge in [0.15, 0.2) is 6.29 Å². The van der Waals surface area contributed by atoms with E-state index in [1.807, 2.05) is 35.2 Å². The zero-order valence-corrected chi connectivity index (χ0v) is 10.7. The van der Waals surface area contributed by atoms with Crippen LogP contribution in [0.5, 0.6) is 0 Å². The monoisotopic (exact) mass is 254 g/mol. The standard InChI is InChI=1S/C11H10OS3/c1-13-7-9-3-5-11(15-9)10-4-2-8(6-12)14-10/h2-6H,7H2,1H3. The molecule has 0 saturated heterocycles. The molecular formula is C11H10OS3. The molecule has 2 rings (SSSR count). The maximum Gasteiger partial charge on any atom is 0.160 e. The average molecular weight is 254 g/mol. The van der Waals surface area contributed by atoms with Gasteiger partial charge in [-0.1, -0.05) is 0 Å². The highest BCUT2D eigenvalue weighted by atomic mass is 32.2. The maximum absolute atomic E-state index is 10.6. The first-order valence-electron chi connectivity index (χ1n) is 4.46. The second kappa shape index (κ2) is 4.96. The molecule has 2 aromatic heterocycles. The first kappa shape index (κ1) is 10.9. The smallest absolute Gasteiger partial charge is 0.160 e. The Kier molecular flexibility index (Phi) is 3.61. The fourth-order valence-electron chi connectivity index (χ4n) is 1.28. The lowest BCUT2D eigenvalue weighted by Crippen LogP contribution is -1.66. The summed E-state index contributed by atoms with van der Waals surface area (Å²) in [6.07, 6.45) is 3.01. The molecule has 0 atom stereocenters. The normalized spacial score (nSPS) is 10.5. The first-order chi connectivity index (χ1) is 7.33. The Bertz CT molecular complexity index is 456. The van der Waals surface area contributed by atoms with Crippen LogP contribution in [0.4, 0.5) is 0 Å². The van der Waals surface area contributed by atoms with Crippen LogP contribution in [0.2, 0.25) is 0 Å². The number of aldehydes is 1. The minimum Gasteiger partial charge on any atom is -0.297 e. The number of carbonyl (C=O) groups is 1. The Hall–Kier alpha value is -0.580. The lowest BCUT2D eigenvalue weighted by molar-refractivity contribution is 0.112. The van der Waals surface area contributed by atoms with Gasteiger partial charge < -0.3 is 0 Å². The van der Waals surface area contributed by atoms with E-state index >= 15 is 0 Å². The second-order valence-electron chi connectivity index (χ2n) is 3.02. The zero-order valence-electron chi connectivity index (χ0n) is 8.23. The SMILES string of the molecule is CSCc1ccc(-c2ccc(C=O)s2)s1. The van der Waals surface area contributed by atoms with Gasteiger partial charge in [-0.25, -0.2) is 0 Å². The van der Waals surface area contributed by atoms with Crippen molar-refractivity contribution >= 4 is 40.7 Å². The number of hydrogen-bond acceptors (Lipinski definition) is 4. The van der Waals surface area contributed by atoms with Crippen molar-refractivity contribution in [1.82, 2.24) is 0 Å².